The number of aromatic nitrogens is 1. The lowest BCUT2D eigenvalue weighted by atomic mass is 10.1. The highest BCUT2D eigenvalue weighted by molar-refractivity contribution is 5.93. The third-order valence-electron chi connectivity index (χ3n) is 3.42. The Morgan fingerprint density at radius 3 is 2.43 bits per heavy atom. The van der Waals surface area contributed by atoms with Gasteiger partial charge in [0.1, 0.15) is 11.3 Å². The molecule has 0 saturated carbocycles. The van der Waals surface area contributed by atoms with Gasteiger partial charge in [0.2, 0.25) is 0 Å². The number of hydrogen-bond donors (Lipinski definition) is 1. The molecule has 0 spiro atoms. The zero-order chi connectivity index (χ0) is 14.8. The van der Waals surface area contributed by atoms with Crippen molar-refractivity contribution in [3.63, 3.8) is 0 Å². The largest absolute Gasteiger partial charge is 0.506 e. The minimum atomic E-state index is 0.150. The molecule has 4 nitrogen and oxygen atoms in total. The highest BCUT2D eigenvalue weighted by Gasteiger charge is 2.06. The van der Waals surface area contributed by atoms with Crippen molar-refractivity contribution in [2.75, 3.05) is 0 Å². The van der Waals surface area contributed by atoms with Crippen molar-refractivity contribution in [3.8, 4) is 5.75 Å². The lowest BCUT2D eigenvalue weighted by molar-refractivity contribution is 0.480. The highest BCUT2D eigenvalue weighted by Crippen LogP contribution is 2.33. The van der Waals surface area contributed by atoms with Crippen LogP contribution in [0.4, 0.5) is 11.4 Å². The third-order valence-corrected chi connectivity index (χ3v) is 3.42. The van der Waals surface area contributed by atoms with Crippen LogP contribution in [0.1, 0.15) is 11.1 Å². The van der Waals surface area contributed by atoms with Gasteiger partial charge in [-0.1, -0.05) is 18.2 Å². The number of azo groups is 1. The zero-order valence-corrected chi connectivity index (χ0v) is 11.9. The predicted molar refractivity (Wildman–Crippen MR) is 83.5 cm³/mol. The molecule has 0 aliphatic rings. The van der Waals surface area contributed by atoms with Crippen LogP contribution in [0.2, 0.25) is 0 Å². The molecular formula is C17H15N3O. The average molecular weight is 277 g/mol. The van der Waals surface area contributed by atoms with Gasteiger partial charge >= 0.3 is 0 Å². The maximum atomic E-state index is 9.83. The van der Waals surface area contributed by atoms with E-state index in [4.69, 9.17) is 0 Å². The van der Waals surface area contributed by atoms with E-state index >= 15 is 0 Å². The first kappa shape index (κ1) is 13.2. The van der Waals surface area contributed by atoms with Gasteiger partial charge in [0.05, 0.1) is 11.4 Å². The average Bonchev–Trinajstić information content (AvgIpc) is 2.49. The van der Waals surface area contributed by atoms with E-state index in [0.717, 1.165) is 22.2 Å². The summed E-state index contributed by atoms with van der Waals surface area (Å²) in [6.45, 7) is 4.02. The van der Waals surface area contributed by atoms with Crippen LogP contribution >= 0.6 is 0 Å². The summed E-state index contributed by atoms with van der Waals surface area (Å²) in [6.07, 6.45) is 1.65. The van der Waals surface area contributed by atoms with E-state index in [1.54, 1.807) is 18.3 Å². The molecule has 3 rings (SSSR count). The first-order valence-corrected chi connectivity index (χ1v) is 6.71. The number of phenolic OH excluding ortho intramolecular Hbond substituents is 1. The van der Waals surface area contributed by atoms with E-state index < -0.39 is 0 Å². The van der Waals surface area contributed by atoms with E-state index in [0.29, 0.717) is 11.2 Å². The van der Waals surface area contributed by atoms with Crippen LogP contribution in [0, 0.1) is 13.8 Å². The van der Waals surface area contributed by atoms with Crippen LogP contribution in [-0.4, -0.2) is 10.1 Å². The van der Waals surface area contributed by atoms with Crippen molar-refractivity contribution in [2.24, 2.45) is 10.2 Å². The van der Waals surface area contributed by atoms with Crippen LogP contribution in [0.25, 0.3) is 10.9 Å². The van der Waals surface area contributed by atoms with Gasteiger partial charge in [-0.15, -0.1) is 10.2 Å². The number of aryl methyl sites for hydroxylation is 2. The van der Waals surface area contributed by atoms with Crippen molar-refractivity contribution >= 4 is 22.3 Å². The summed E-state index contributed by atoms with van der Waals surface area (Å²) < 4.78 is 0. The quantitative estimate of drug-likeness (QED) is 0.672. The summed E-state index contributed by atoms with van der Waals surface area (Å²) in [5.74, 6) is 0.150. The number of rotatable bonds is 2. The monoisotopic (exact) mass is 277 g/mol. The molecule has 21 heavy (non-hydrogen) atoms. The van der Waals surface area contributed by atoms with Crippen molar-refractivity contribution < 1.29 is 5.11 Å². The number of fused-ring (bicyclic) bond motifs is 1. The Bertz CT molecular complexity index is 820. The zero-order valence-electron chi connectivity index (χ0n) is 11.9. The van der Waals surface area contributed by atoms with Crippen LogP contribution in [0.5, 0.6) is 5.75 Å². The van der Waals surface area contributed by atoms with Gasteiger partial charge < -0.3 is 5.11 Å². The molecule has 0 bridgehead atoms. The van der Waals surface area contributed by atoms with Gasteiger partial charge in [0, 0.05) is 11.6 Å². The van der Waals surface area contributed by atoms with Gasteiger partial charge in [0.25, 0.3) is 0 Å². The Morgan fingerprint density at radius 2 is 1.67 bits per heavy atom. The molecule has 0 fully saturated rings. The molecule has 0 radical (unpaired) electrons. The van der Waals surface area contributed by atoms with Crippen molar-refractivity contribution in [1.29, 1.82) is 0 Å². The lowest BCUT2D eigenvalue weighted by Crippen LogP contribution is -1.80. The molecule has 3 aromatic rings. The highest BCUT2D eigenvalue weighted by atomic mass is 16.3. The SMILES string of the molecule is Cc1cccc(C)c1N=Nc1ccc(O)c2ncccc12. The standard InChI is InChI=1S/C17H15N3O/c1-11-5-3-6-12(2)16(11)20-19-14-8-9-15(21)17-13(14)7-4-10-18-17/h3-10,21H,1-2H3. The van der Waals surface area contributed by atoms with Crippen LogP contribution in [0.15, 0.2) is 58.9 Å². The molecule has 1 heterocycles. The normalized spacial score (nSPS) is 11.3. The number of nitrogens with zero attached hydrogens (tertiary/aromatic N) is 3. The summed E-state index contributed by atoms with van der Waals surface area (Å²) in [4.78, 5) is 4.18. The van der Waals surface area contributed by atoms with Crippen LogP contribution < -0.4 is 0 Å². The molecule has 0 unspecified atom stereocenters. The van der Waals surface area contributed by atoms with Gasteiger partial charge in [0.15, 0.2) is 0 Å². The van der Waals surface area contributed by atoms with Crippen molar-refractivity contribution in [2.45, 2.75) is 13.8 Å². The summed E-state index contributed by atoms with van der Waals surface area (Å²) in [6, 6.07) is 13.1. The fourth-order valence-corrected chi connectivity index (χ4v) is 2.30. The number of pyridine rings is 1. The van der Waals surface area contributed by atoms with Gasteiger partial charge in [-0.2, -0.15) is 0 Å². The van der Waals surface area contributed by atoms with Crippen molar-refractivity contribution in [1.82, 2.24) is 4.98 Å². The van der Waals surface area contributed by atoms with E-state index in [2.05, 4.69) is 15.2 Å². The molecular weight excluding hydrogens is 262 g/mol. The third kappa shape index (κ3) is 2.48. The summed E-state index contributed by atoms with van der Waals surface area (Å²) in [7, 11) is 0. The Labute approximate surface area is 122 Å². The number of phenols is 1. The summed E-state index contributed by atoms with van der Waals surface area (Å²) in [5, 5.41) is 19.3. The van der Waals surface area contributed by atoms with Gasteiger partial charge in [-0.3, -0.25) is 4.98 Å². The molecule has 104 valence electrons. The molecule has 2 aromatic carbocycles. The van der Waals surface area contributed by atoms with Crippen molar-refractivity contribution in [3.05, 3.63) is 59.8 Å². The second kappa shape index (κ2) is 5.32. The Balaban J connectivity index is 2.10. The van der Waals surface area contributed by atoms with Crippen LogP contribution in [-0.2, 0) is 0 Å². The second-order valence-electron chi connectivity index (χ2n) is 4.94. The molecule has 0 amide bonds. The fraction of sp³-hybridized carbons (Fsp3) is 0.118. The smallest absolute Gasteiger partial charge is 0.141 e. The Kier molecular flexibility index (Phi) is 3.36. The number of benzene rings is 2. The van der Waals surface area contributed by atoms with E-state index in [-0.39, 0.29) is 5.75 Å². The van der Waals surface area contributed by atoms with Gasteiger partial charge in [-0.25, -0.2) is 0 Å². The minimum Gasteiger partial charge on any atom is -0.506 e. The molecule has 0 aliphatic carbocycles. The Morgan fingerprint density at radius 1 is 0.905 bits per heavy atom. The number of hydrogen-bond acceptors (Lipinski definition) is 4. The summed E-state index contributed by atoms with van der Waals surface area (Å²) in [5.41, 5.74) is 4.27. The molecule has 1 N–H and O–H groups in total. The predicted octanol–water partition coefficient (Wildman–Crippen LogP) is 4.97. The van der Waals surface area contributed by atoms with E-state index in [1.165, 1.54) is 0 Å². The maximum Gasteiger partial charge on any atom is 0.141 e. The number of aromatic hydroxyl groups is 1. The fourth-order valence-electron chi connectivity index (χ4n) is 2.30. The lowest BCUT2D eigenvalue weighted by Gasteiger charge is -2.04. The molecule has 0 saturated heterocycles. The van der Waals surface area contributed by atoms with Crippen LogP contribution in [0.3, 0.4) is 0 Å². The first-order valence-electron chi connectivity index (χ1n) is 6.71. The summed E-state index contributed by atoms with van der Waals surface area (Å²) >= 11 is 0. The Hall–Kier alpha value is -2.75. The van der Waals surface area contributed by atoms with E-state index in [9.17, 15) is 5.11 Å². The second-order valence-corrected chi connectivity index (χ2v) is 4.94. The molecule has 0 aliphatic heterocycles. The maximum absolute atomic E-state index is 9.83. The topological polar surface area (TPSA) is 57.8 Å². The minimum absolute atomic E-state index is 0.150. The molecule has 0 atom stereocenters. The van der Waals surface area contributed by atoms with E-state index in [1.807, 2.05) is 44.2 Å². The first-order chi connectivity index (χ1) is 10.2. The van der Waals surface area contributed by atoms with Gasteiger partial charge in [-0.05, 0) is 49.2 Å². The molecule has 1 aromatic heterocycles. The molecule has 4 heteroatoms.